The molecule has 2 aromatic carbocycles. The number of methoxy groups -OCH3 is 3. The predicted octanol–water partition coefficient (Wildman–Crippen LogP) is 3.49. The van der Waals surface area contributed by atoms with Crippen LogP contribution in [0.15, 0.2) is 35.9 Å². The Kier molecular flexibility index (Phi) is 8.47. The molecular weight excluding hydrogens is 464 g/mol. The first kappa shape index (κ1) is 26.9. The number of ketones is 1. The maximum absolute atomic E-state index is 13.3. The Morgan fingerprint density at radius 1 is 1.00 bits per heavy atom. The number of amides is 1. The molecule has 1 fully saturated rings. The number of likely N-dealkylation sites (tertiary alicyclic amines) is 1. The van der Waals surface area contributed by atoms with E-state index in [0.29, 0.717) is 29.4 Å². The molecule has 1 amide bonds. The highest BCUT2D eigenvalue weighted by atomic mass is 16.5. The van der Waals surface area contributed by atoms with Crippen molar-refractivity contribution in [3.63, 3.8) is 0 Å². The maximum atomic E-state index is 13.3. The third kappa shape index (κ3) is 4.97. The summed E-state index contributed by atoms with van der Waals surface area (Å²) in [6.07, 6.45) is 0. The summed E-state index contributed by atoms with van der Waals surface area (Å²) in [7, 11) is 4.43. The second-order valence-electron chi connectivity index (χ2n) is 8.50. The number of rotatable bonds is 10. The zero-order valence-electron chi connectivity index (χ0n) is 21.6. The fraction of sp³-hybridized carbons (Fsp3) is 0.407. The molecule has 2 aromatic rings. The molecule has 1 aliphatic rings. The topological polar surface area (TPSA) is 109 Å². The number of ether oxygens (including phenoxy) is 3. The zero-order valence-corrected chi connectivity index (χ0v) is 21.6. The number of benzene rings is 2. The van der Waals surface area contributed by atoms with Gasteiger partial charge >= 0.3 is 0 Å². The van der Waals surface area contributed by atoms with Crippen LogP contribution in [0, 0.1) is 6.92 Å². The minimum Gasteiger partial charge on any atom is -0.507 e. The lowest BCUT2D eigenvalue weighted by molar-refractivity contribution is -0.140. The lowest BCUT2D eigenvalue weighted by Gasteiger charge is -2.29. The highest BCUT2D eigenvalue weighted by Gasteiger charge is 2.46. The van der Waals surface area contributed by atoms with Crippen molar-refractivity contribution in [2.45, 2.75) is 26.8 Å². The van der Waals surface area contributed by atoms with Crippen LogP contribution in [0.4, 0.5) is 0 Å². The van der Waals surface area contributed by atoms with E-state index in [1.165, 1.54) is 32.3 Å². The molecule has 3 rings (SSSR count). The summed E-state index contributed by atoms with van der Waals surface area (Å²) in [6, 6.07) is 7.08. The van der Waals surface area contributed by atoms with Crippen LogP contribution < -0.4 is 14.2 Å². The Bertz CT molecular complexity index is 1150. The molecule has 1 saturated heterocycles. The van der Waals surface area contributed by atoms with E-state index in [1.54, 1.807) is 31.2 Å². The SMILES string of the molecule is CCN(CC)CCN1C(=O)C(=O)C(=C(O)c2cc(C)ccc2O)[C@@H]1c1cc(OC)c(OC)c(OC)c1. The number of hydrogen-bond acceptors (Lipinski definition) is 8. The minimum atomic E-state index is -0.936. The normalized spacial score (nSPS) is 17.1. The molecule has 194 valence electrons. The van der Waals surface area contributed by atoms with Gasteiger partial charge in [-0.1, -0.05) is 25.5 Å². The molecule has 1 aliphatic heterocycles. The molecule has 0 unspecified atom stereocenters. The number of phenols is 1. The molecule has 1 heterocycles. The lowest BCUT2D eigenvalue weighted by Crippen LogP contribution is -2.38. The summed E-state index contributed by atoms with van der Waals surface area (Å²) < 4.78 is 16.4. The number of hydrogen-bond donors (Lipinski definition) is 2. The van der Waals surface area contributed by atoms with Gasteiger partial charge in [-0.05, 0) is 49.8 Å². The molecule has 9 heteroatoms. The highest BCUT2D eigenvalue weighted by Crippen LogP contribution is 2.46. The number of aryl methyl sites for hydroxylation is 1. The number of likely N-dealkylation sites (N-methyl/N-ethyl adjacent to an activating group) is 1. The molecule has 0 radical (unpaired) electrons. The van der Waals surface area contributed by atoms with Gasteiger partial charge in [0.2, 0.25) is 5.75 Å². The van der Waals surface area contributed by atoms with Gasteiger partial charge in [0.05, 0.1) is 38.5 Å². The van der Waals surface area contributed by atoms with Crippen LogP contribution in [0.5, 0.6) is 23.0 Å². The number of carbonyl (C=O) groups excluding carboxylic acids is 2. The number of phenolic OH excluding ortho intramolecular Hbond substituents is 1. The molecule has 0 bridgehead atoms. The molecule has 36 heavy (non-hydrogen) atoms. The van der Waals surface area contributed by atoms with Gasteiger partial charge in [-0.3, -0.25) is 9.59 Å². The zero-order chi connectivity index (χ0) is 26.6. The number of aromatic hydroxyl groups is 1. The van der Waals surface area contributed by atoms with Gasteiger partial charge in [0.15, 0.2) is 11.5 Å². The fourth-order valence-corrected chi connectivity index (χ4v) is 4.49. The van der Waals surface area contributed by atoms with Crippen molar-refractivity contribution in [1.29, 1.82) is 0 Å². The van der Waals surface area contributed by atoms with Crippen molar-refractivity contribution in [3.8, 4) is 23.0 Å². The molecule has 0 spiro atoms. The van der Waals surface area contributed by atoms with E-state index in [4.69, 9.17) is 14.2 Å². The van der Waals surface area contributed by atoms with Crippen molar-refractivity contribution in [2.24, 2.45) is 0 Å². The number of aliphatic hydroxyl groups is 1. The van der Waals surface area contributed by atoms with Crippen molar-refractivity contribution in [2.75, 3.05) is 47.5 Å². The van der Waals surface area contributed by atoms with Crippen LogP contribution in [0.2, 0.25) is 0 Å². The van der Waals surface area contributed by atoms with Gasteiger partial charge in [0, 0.05) is 13.1 Å². The maximum Gasteiger partial charge on any atom is 0.295 e. The summed E-state index contributed by atoms with van der Waals surface area (Å²) in [6.45, 7) is 8.21. The van der Waals surface area contributed by atoms with E-state index >= 15 is 0 Å². The fourth-order valence-electron chi connectivity index (χ4n) is 4.49. The molecule has 0 aliphatic carbocycles. The Labute approximate surface area is 211 Å². The molecule has 2 N–H and O–H groups in total. The summed E-state index contributed by atoms with van der Waals surface area (Å²) in [5.41, 5.74) is 1.23. The molecule has 0 aromatic heterocycles. The quantitative estimate of drug-likeness (QED) is 0.291. The van der Waals surface area contributed by atoms with E-state index in [0.717, 1.165) is 18.7 Å². The largest absolute Gasteiger partial charge is 0.507 e. The van der Waals surface area contributed by atoms with Crippen molar-refractivity contribution in [1.82, 2.24) is 9.80 Å². The first-order chi connectivity index (χ1) is 17.2. The number of nitrogens with zero attached hydrogens (tertiary/aromatic N) is 2. The molecule has 0 saturated carbocycles. The van der Waals surface area contributed by atoms with Gasteiger partial charge in [0.25, 0.3) is 11.7 Å². The predicted molar refractivity (Wildman–Crippen MR) is 136 cm³/mol. The standard InChI is InChI=1S/C27H34N2O7/c1-7-28(8-2)11-12-29-23(17-14-20(34-4)26(36-6)21(15-17)35-5)22(25(32)27(29)33)24(31)18-13-16(3)9-10-19(18)30/h9-10,13-15,23,30-31H,7-8,11-12H2,1-6H3/t23-/m0/s1. The first-order valence-electron chi connectivity index (χ1n) is 11.8. The smallest absolute Gasteiger partial charge is 0.295 e. The highest BCUT2D eigenvalue weighted by molar-refractivity contribution is 6.46. The van der Waals surface area contributed by atoms with Crippen LogP contribution in [0.3, 0.4) is 0 Å². The number of carbonyl (C=O) groups is 2. The Hall–Kier alpha value is -3.72. The van der Waals surface area contributed by atoms with E-state index in [2.05, 4.69) is 4.90 Å². The van der Waals surface area contributed by atoms with E-state index < -0.39 is 23.5 Å². The van der Waals surface area contributed by atoms with Gasteiger partial charge in [-0.25, -0.2) is 0 Å². The van der Waals surface area contributed by atoms with Crippen LogP contribution in [-0.4, -0.2) is 79.2 Å². The van der Waals surface area contributed by atoms with Crippen LogP contribution in [0.25, 0.3) is 5.76 Å². The van der Waals surface area contributed by atoms with Gasteiger partial charge in [-0.15, -0.1) is 0 Å². The number of aliphatic hydroxyl groups excluding tert-OH is 1. The molecule has 9 nitrogen and oxygen atoms in total. The van der Waals surface area contributed by atoms with Crippen LogP contribution >= 0.6 is 0 Å². The molecule has 1 atom stereocenters. The second-order valence-corrected chi connectivity index (χ2v) is 8.50. The third-order valence-electron chi connectivity index (χ3n) is 6.50. The average molecular weight is 499 g/mol. The van der Waals surface area contributed by atoms with E-state index in [9.17, 15) is 19.8 Å². The van der Waals surface area contributed by atoms with Crippen molar-refractivity contribution in [3.05, 3.63) is 52.6 Å². The van der Waals surface area contributed by atoms with Crippen molar-refractivity contribution >= 4 is 17.4 Å². The summed E-state index contributed by atoms with van der Waals surface area (Å²) in [5, 5.41) is 21.8. The van der Waals surface area contributed by atoms with E-state index in [1.807, 2.05) is 13.8 Å². The lowest BCUT2D eigenvalue weighted by atomic mass is 9.94. The average Bonchev–Trinajstić information content (AvgIpc) is 3.14. The monoisotopic (exact) mass is 498 g/mol. The summed E-state index contributed by atoms with van der Waals surface area (Å²) >= 11 is 0. The summed E-state index contributed by atoms with van der Waals surface area (Å²) in [4.78, 5) is 30.2. The minimum absolute atomic E-state index is 0.0779. The second kappa shape index (κ2) is 11.3. The van der Waals surface area contributed by atoms with Gasteiger partial charge in [0.1, 0.15) is 11.5 Å². The third-order valence-corrected chi connectivity index (χ3v) is 6.50. The summed E-state index contributed by atoms with van der Waals surface area (Å²) in [5.74, 6) is -1.14. The van der Waals surface area contributed by atoms with Gasteiger partial charge in [-0.2, -0.15) is 0 Å². The van der Waals surface area contributed by atoms with Crippen LogP contribution in [0.1, 0.15) is 36.6 Å². The number of Topliss-reactive ketones (excluding diaryl/α,β-unsaturated/α-hetero) is 1. The van der Waals surface area contributed by atoms with Crippen molar-refractivity contribution < 1.29 is 34.0 Å². The Morgan fingerprint density at radius 3 is 2.14 bits per heavy atom. The Morgan fingerprint density at radius 2 is 1.61 bits per heavy atom. The molecular formula is C27H34N2O7. The van der Waals surface area contributed by atoms with E-state index in [-0.39, 0.29) is 23.4 Å². The first-order valence-corrected chi connectivity index (χ1v) is 11.8. The Balaban J connectivity index is 2.26. The van der Waals surface area contributed by atoms with Gasteiger partial charge < -0.3 is 34.2 Å². The van der Waals surface area contributed by atoms with Crippen LogP contribution in [-0.2, 0) is 9.59 Å².